The van der Waals surface area contributed by atoms with Crippen LogP contribution >= 0.6 is 0 Å². The zero-order valence-corrected chi connectivity index (χ0v) is 36.9. The maximum atomic E-state index is 5.44. The Morgan fingerprint density at radius 3 is 1.29 bits per heavy atom. The molecule has 0 saturated carbocycles. The third-order valence-electron chi connectivity index (χ3n) is 13.2. The van der Waals surface area contributed by atoms with E-state index in [0.717, 1.165) is 88.4 Å². The fourth-order valence-corrected chi connectivity index (χ4v) is 10.1. The van der Waals surface area contributed by atoms with Gasteiger partial charge in [0, 0.05) is 38.2 Å². The molecule has 0 fully saturated rings. The predicted octanol–water partition coefficient (Wildman–Crippen LogP) is 16.1. The van der Waals surface area contributed by atoms with Gasteiger partial charge in [-0.15, -0.1) is 0 Å². The number of benzene rings is 10. The standard InChI is InChI=1S/C63H41N5/c1-5-19-42(20-6-1)48-27-17-28-49(41-48)43-35-37-47(38-36-43)62-64-61(46-25-11-4-12-26-46)65-63(66-62)68-56-33-16-14-30-52(56)54-40-39-53-51-29-13-15-32-55(51)67(59(53)60(54)68)57-34-18-31-50(44-21-7-2-8-22-44)58(57)45-23-9-3-10-24-45/h1-41H. The van der Waals surface area contributed by atoms with Crippen molar-refractivity contribution in [2.45, 2.75) is 0 Å². The van der Waals surface area contributed by atoms with Crippen LogP contribution in [-0.2, 0) is 0 Å². The van der Waals surface area contributed by atoms with Gasteiger partial charge in [0.15, 0.2) is 11.6 Å². The molecule has 5 nitrogen and oxygen atoms in total. The van der Waals surface area contributed by atoms with Gasteiger partial charge in [-0.25, -0.2) is 4.98 Å². The first-order valence-corrected chi connectivity index (χ1v) is 23.0. The largest absolute Gasteiger partial charge is 0.307 e. The van der Waals surface area contributed by atoms with Crippen LogP contribution in [0.25, 0.3) is 123 Å². The van der Waals surface area contributed by atoms with Gasteiger partial charge in [-0.05, 0) is 63.2 Å². The zero-order valence-electron chi connectivity index (χ0n) is 36.9. The molecule has 0 N–H and O–H groups in total. The molecule has 13 rings (SSSR count). The van der Waals surface area contributed by atoms with E-state index in [1.165, 1.54) is 16.5 Å². The van der Waals surface area contributed by atoms with E-state index in [1.807, 2.05) is 18.2 Å². The molecule has 13 aromatic rings. The first kappa shape index (κ1) is 39.2. The van der Waals surface area contributed by atoms with Gasteiger partial charge < -0.3 is 4.57 Å². The number of rotatable bonds is 8. The quantitative estimate of drug-likeness (QED) is 0.153. The van der Waals surface area contributed by atoms with Crippen LogP contribution in [0, 0.1) is 0 Å². The summed E-state index contributed by atoms with van der Waals surface area (Å²) < 4.78 is 4.75. The van der Waals surface area contributed by atoms with Gasteiger partial charge in [0.2, 0.25) is 5.95 Å². The average Bonchev–Trinajstić information content (AvgIpc) is 3.95. The molecule has 0 spiro atoms. The third-order valence-corrected chi connectivity index (χ3v) is 13.2. The Bertz CT molecular complexity index is 3990. The summed E-state index contributed by atoms with van der Waals surface area (Å²) in [7, 11) is 0. The third kappa shape index (κ3) is 6.59. The summed E-state index contributed by atoms with van der Waals surface area (Å²) in [5, 5.41) is 4.54. The molecule has 0 atom stereocenters. The van der Waals surface area contributed by atoms with E-state index in [-0.39, 0.29) is 0 Å². The molecule has 0 aliphatic rings. The van der Waals surface area contributed by atoms with Crippen molar-refractivity contribution in [1.29, 1.82) is 0 Å². The number of para-hydroxylation sites is 2. The molecule has 0 aliphatic heterocycles. The Morgan fingerprint density at radius 2 is 0.691 bits per heavy atom. The molecule has 3 heterocycles. The second-order valence-corrected chi connectivity index (χ2v) is 17.2. The number of hydrogen-bond acceptors (Lipinski definition) is 3. The Labute approximate surface area is 393 Å². The molecule has 5 heteroatoms. The van der Waals surface area contributed by atoms with Crippen LogP contribution in [0.2, 0.25) is 0 Å². The van der Waals surface area contributed by atoms with Crippen LogP contribution < -0.4 is 0 Å². The topological polar surface area (TPSA) is 48.5 Å². The predicted molar refractivity (Wildman–Crippen MR) is 281 cm³/mol. The fraction of sp³-hybridized carbons (Fsp3) is 0. The van der Waals surface area contributed by atoms with E-state index in [0.29, 0.717) is 17.6 Å². The monoisotopic (exact) mass is 867 g/mol. The van der Waals surface area contributed by atoms with E-state index in [2.05, 4.69) is 240 Å². The van der Waals surface area contributed by atoms with Gasteiger partial charge in [-0.1, -0.05) is 224 Å². The maximum absolute atomic E-state index is 5.44. The molecule has 68 heavy (non-hydrogen) atoms. The first-order chi connectivity index (χ1) is 33.7. The van der Waals surface area contributed by atoms with Gasteiger partial charge >= 0.3 is 0 Å². The van der Waals surface area contributed by atoms with Crippen molar-refractivity contribution < 1.29 is 0 Å². The molecule has 0 radical (unpaired) electrons. The number of nitrogens with zero attached hydrogens (tertiary/aromatic N) is 5. The maximum Gasteiger partial charge on any atom is 0.238 e. The van der Waals surface area contributed by atoms with Gasteiger partial charge in [-0.2, -0.15) is 9.97 Å². The molecule has 0 bridgehead atoms. The van der Waals surface area contributed by atoms with E-state index in [4.69, 9.17) is 15.0 Å². The Hall–Kier alpha value is -9.19. The van der Waals surface area contributed by atoms with Crippen molar-refractivity contribution in [1.82, 2.24) is 24.1 Å². The van der Waals surface area contributed by atoms with Crippen LogP contribution in [0.4, 0.5) is 0 Å². The van der Waals surface area contributed by atoms with Crippen molar-refractivity contribution in [3.8, 4) is 78.9 Å². The summed E-state index contributed by atoms with van der Waals surface area (Å²) in [6, 6.07) is 88.2. The van der Waals surface area contributed by atoms with Crippen LogP contribution in [0.5, 0.6) is 0 Å². The molecule has 0 aliphatic carbocycles. The average molecular weight is 868 g/mol. The van der Waals surface area contributed by atoms with Crippen molar-refractivity contribution in [2.24, 2.45) is 0 Å². The molecule has 0 unspecified atom stereocenters. The molecule has 0 saturated heterocycles. The smallest absolute Gasteiger partial charge is 0.238 e. The molecule has 318 valence electrons. The van der Waals surface area contributed by atoms with Crippen molar-refractivity contribution in [3.05, 3.63) is 249 Å². The minimum atomic E-state index is 0.547. The normalized spacial score (nSPS) is 11.5. The summed E-state index contributed by atoms with van der Waals surface area (Å²) in [6.45, 7) is 0. The number of fused-ring (bicyclic) bond motifs is 7. The zero-order chi connectivity index (χ0) is 45.0. The summed E-state index contributed by atoms with van der Waals surface area (Å²) >= 11 is 0. The van der Waals surface area contributed by atoms with Crippen LogP contribution in [-0.4, -0.2) is 24.1 Å². The molecular weight excluding hydrogens is 827 g/mol. The molecule has 10 aromatic carbocycles. The second-order valence-electron chi connectivity index (χ2n) is 17.2. The lowest BCUT2D eigenvalue weighted by atomic mass is 9.93. The SMILES string of the molecule is c1ccc(-c2cccc(-c3ccc(-c4nc(-c5ccccc5)nc(-n5c6ccccc6c6ccc7c8ccccc8n(-c8cccc(-c9ccccc9)c8-c8ccccc8)c7c65)n4)cc3)c2)cc1. The van der Waals surface area contributed by atoms with Gasteiger partial charge in [0.1, 0.15) is 0 Å². The highest BCUT2D eigenvalue weighted by Crippen LogP contribution is 2.45. The summed E-state index contributed by atoms with van der Waals surface area (Å²) in [5.74, 6) is 1.75. The molecular formula is C63H41N5. The summed E-state index contributed by atoms with van der Waals surface area (Å²) in [5.41, 5.74) is 16.4. The lowest BCUT2D eigenvalue weighted by molar-refractivity contribution is 0.953. The van der Waals surface area contributed by atoms with Crippen molar-refractivity contribution >= 4 is 43.6 Å². The Kier molecular flexibility index (Phi) is 9.43. The van der Waals surface area contributed by atoms with Crippen molar-refractivity contribution in [2.75, 3.05) is 0 Å². The van der Waals surface area contributed by atoms with E-state index >= 15 is 0 Å². The van der Waals surface area contributed by atoms with Gasteiger partial charge in [0.25, 0.3) is 0 Å². The fourth-order valence-electron chi connectivity index (χ4n) is 10.1. The summed E-state index contributed by atoms with van der Waals surface area (Å²) in [4.78, 5) is 16.0. The Morgan fingerprint density at radius 1 is 0.265 bits per heavy atom. The highest BCUT2D eigenvalue weighted by Gasteiger charge is 2.25. The minimum absolute atomic E-state index is 0.547. The van der Waals surface area contributed by atoms with Crippen molar-refractivity contribution in [3.63, 3.8) is 0 Å². The molecule has 0 amide bonds. The second kappa shape index (κ2) is 16.4. The first-order valence-electron chi connectivity index (χ1n) is 23.0. The number of aromatic nitrogens is 5. The van der Waals surface area contributed by atoms with Crippen LogP contribution in [0.15, 0.2) is 249 Å². The van der Waals surface area contributed by atoms with Crippen LogP contribution in [0.1, 0.15) is 0 Å². The Balaban J connectivity index is 1.08. The van der Waals surface area contributed by atoms with E-state index in [9.17, 15) is 0 Å². The lowest BCUT2D eigenvalue weighted by Crippen LogP contribution is -2.07. The summed E-state index contributed by atoms with van der Waals surface area (Å²) in [6.07, 6.45) is 0. The number of hydrogen-bond donors (Lipinski definition) is 0. The highest BCUT2D eigenvalue weighted by atomic mass is 15.2. The lowest BCUT2D eigenvalue weighted by Gasteiger charge is -2.19. The molecule has 3 aromatic heterocycles. The highest BCUT2D eigenvalue weighted by molar-refractivity contribution is 6.24. The van der Waals surface area contributed by atoms with Gasteiger partial charge in [-0.3, -0.25) is 4.57 Å². The minimum Gasteiger partial charge on any atom is -0.307 e. The van der Waals surface area contributed by atoms with Gasteiger partial charge in [0.05, 0.1) is 27.8 Å². The van der Waals surface area contributed by atoms with Crippen LogP contribution in [0.3, 0.4) is 0 Å². The van der Waals surface area contributed by atoms with E-state index < -0.39 is 0 Å². The van der Waals surface area contributed by atoms with E-state index in [1.54, 1.807) is 0 Å².